The van der Waals surface area contributed by atoms with Crippen molar-refractivity contribution in [3.63, 3.8) is 0 Å². The van der Waals surface area contributed by atoms with Crippen molar-refractivity contribution in [1.29, 1.82) is 0 Å². The van der Waals surface area contributed by atoms with Crippen LogP contribution in [0, 0.1) is 0 Å². The van der Waals surface area contributed by atoms with Crippen molar-refractivity contribution >= 4 is 16.8 Å². The molecule has 4 rings (SSSR count). The van der Waals surface area contributed by atoms with Gasteiger partial charge in [-0.05, 0) is 18.9 Å². The van der Waals surface area contributed by atoms with Crippen molar-refractivity contribution < 1.29 is 4.79 Å². The van der Waals surface area contributed by atoms with Crippen molar-refractivity contribution in [3.8, 4) is 0 Å². The zero-order valence-electron chi connectivity index (χ0n) is 12.4. The Labute approximate surface area is 127 Å². The van der Waals surface area contributed by atoms with Gasteiger partial charge in [0.05, 0.1) is 23.5 Å². The average molecular weight is 295 g/mol. The summed E-state index contributed by atoms with van der Waals surface area (Å²) in [5.41, 5.74) is 3.87. The van der Waals surface area contributed by atoms with Crippen LogP contribution in [0.15, 0.2) is 30.6 Å². The number of amides is 1. The molecule has 6 heteroatoms. The topological polar surface area (TPSA) is 66.8 Å². The van der Waals surface area contributed by atoms with E-state index in [4.69, 9.17) is 0 Å². The maximum Gasteiger partial charge on any atom is 0.256 e. The molecule has 1 aliphatic heterocycles. The lowest BCUT2D eigenvalue weighted by molar-refractivity contribution is 0.0747. The summed E-state index contributed by atoms with van der Waals surface area (Å²) in [5.74, 6) is 0.0477. The molecule has 0 fully saturated rings. The number of nitrogens with zero attached hydrogens (tertiary/aromatic N) is 4. The number of carbonyl (C=O) groups is 1. The van der Waals surface area contributed by atoms with Gasteiger partial charge in [0.15, 0.2) is 0 Å². The Bertz CT molecular complexity index is 847. The second-order valence-electron chi connectivity index (χ2n) is 5.71. The highest BCUT2D eigenvalue weighted by Crippen LogP contribution is 2.22. The summed E-state index contributed by atoms with van der Waals surface area (Å²) in [5, 5.41) is 12.2. The highest BCUT2D eigenvalue weighted by Gasteiger charge is 2.23. The molecule has 22 heavy (non-hydrogen) atoms. The largest absolute Gasteiger partial charge is 0.334 e. The van der Waals surface area contributed by atoms with E-state index in [1.807, 2.05) is 41.0 Å². The van der Waals surface area contributed by atoms with E-state index in [-0.39, 0.29) is 5.91 Å². The summed E-state index contributed by atoms with van der Waals surface area (Å²) >= 11 is 0. The summed E-state index contributed by atoms with van der Waals surface area (Å²) in [4.78, 5) is 14.8. The number of benzene rings is 1. The van der Waals surface area contributed by atoms with Crippen molar-refractivity contribution in [1.82, 2.24) is 24.9 Å². The van der Waals surface area contributed by atoms with E-state index < -0.39 is 0 Å². The van der Waals surface area contributed by atoms with Crippen LogP contribution in [0.1, 0.15) is 28.0 Å². The smallest absolute Gasteiger partial charge is 0.256 e. The van der Waals surface area contributed by atoms with E-state index in [0.717, 1.165) is 35.9 Å². The van der Waals surface area contributed by atoms with Gasteiger partial charge in [-0.25, -0.2) is 0 Å². The first-order valence-corrected chi connectivity index (χ1v) is 7.45. The second-order valence-corrected chi connectivity index (χ2v) is 5.71. The molecule has 1 aliphatic rings. The van der Waals surface area contributed by atoms with Crippen LogP contribution in [-0.2, 0) is 20.0 Å². The van der Waals surface area contributed by atoms with Crippen LogP contribution in [0.5, 0.6) is 0 Å². The van der Waals surface area contributed by atoms with Crippen LogP contribution < -0.4 is 0 Å². The number of hydrogen-bond donors (Lipinski definition) is 1. The van der Waals surface area contributed by atoms with E-state index in [9.17, 15) is 4.79 Å². The number of aryl methyl sites for hydroxylation is 1. The molecule has 112 valence electrons. The Morgan fingerprint density at radius 3 is 3.14 bits per heavy atom. The third-order valence-electron chi connectivity index (χ3n) is 4.35. The number of fused-ring (bicyclic) bond motifs is 2. The zero-order chi connectivity index (χ0) is 15.1. The van der Waals surface area contributed by atoms with E-state index in [1.165, 1.54) is 5.69 Å². The SMILES string of the molecule is Cn1ncc2c1CCCN(C(=O)c1cccc3cn[nH]c13)C2. The molecule has 0 unspecified atom stereocenters. The van der Waals surface area contributed by atoms with Gasteiger partial charge in [-0.2, -0.15) is 10.2 Å². The highest BCUT2D eigenvalue weighted by molar-refractivity contribution is 6.05. The van der Waals surface area contributed by atoms with Crippen LogP contribution in [0.4, 0.5) is 0 Å². The van der Waals surface area contributed by atoms with Crippen LogP contribution in [0.3, 0.4) is 0 Å². The number of rotatable bonds is 1. The Hall–Kier alpha value is -2.63. The fourth-order valence-corrected chi connectivity index (χ4v) is 3.18. The molecule has 0 aliphatic carbocycles. The molecule has 3 aromatic rings. The van der Waals surface area contributed by atoms with Crippen molar-refractivity contribution in [2.45, 2.75) is 19.4 Å². The summed E-state index contributed by atoms with van der Waals surface area (Å²) in [6.07, 6.45) is 5.53. The predicted octanol–water partition coefficient (Wildman–Crippen LogP) is 1.89. The Balaban J connectivity index is 1.69. The van der Waals surface area contributed by atoms with Gasteiger partial charge in [-0.15, -0.1) is 0 Å². The Morgan fingerprint density at radius 1 is 1.32 bits per heavy atom. The monoisotopic (exact) mass is 295 g/mol. The molecule has 3 heterocycles. The molecule has 0 radical (unpaired) electrons. The van der Waals surface area contributed by atoms with Gasteiger partial charge in [-0.1, -0.05) is 12.1 Å². The molecule has 0 saturated carbocycles. The molecule has 1 aromatic carbocycles. The van der Waals surface area contributed by atoms with Gasteiger partial charge in [-0.3, -0.25) is 14.6 Å². The van der Waals surface area contributed by atoms with Gasteiger partial charge in [0, 0.05) is 36.8 Å². The summed E-state index contributed by atoms with van der Waals surface area (Å²) < 4.78 is 1.92. The first-order chi connectivity index (χ1) is 10.7. The number of H-pyrrole nitrogens is 1. The molecule has 2 aromatic heterocycles. The van der Waals surface area contributed by atoms with Gasteiger partial charge >= 0.3 is 0 Å². The van der Waals surface area contributed by atoms with Gasteiger partial charge in [0.1, 0.15) is 0 Å². The maximum atomic E-state index is 12.9. The minimum absolute atomic E-state index is 0.0477. The van der Waals surface area contributed by atoms with Crippen LogP contribution >= 0.6 is 0 Å². The second kappa shape index (κ2) is 4.98. The summed E-state index contributed by atoms with van der Waals surface area (Å²) in [7, 11) is 1.96. The molecule has 0 atom stereocenters. The van der Waals surface area contributed by atoms with Gasteiger partial charge in [0.25, 0.3) is 5.91 Å². The molecule has 0 bridgehead atoms. The van der Waals surface area contributed by atoms with E-state index in [0.29, 0.717) is 12.1 Å². The zero-order valence-corrected chi connectivity index (χ0v) is 12.4. The minimum Gasteiger partial charge on any atom is -0.334 e. The first kappa shape index (κ1) is 13.1. The molecule has 0 saturated heterocycles. The molecular formula is C16H17N5O. The average Bonchev–Trinajstić information content (AvgIpc) is 3.07. The normalized spacial score (nSPS) is 14.9. The Kier molecular flexibility index (Phi) is 2.96. The lowest BCUT2D eigenvalue weighted by atomic mass is 10.1. The van der Waals surface area contributed by atoms with Gasteiger partial charge in [0.2, 0.25) is 0 Å². The van der Waals surface area contributed by atoms with Crippen molar-refractivity contribution in [2.24, 2.45) is 7.05 Å². The summed E-state index contributed by atoms with van der Waals surface area (Å²) in [6.45, 7) is 1.38. The number of nitrogens with one attached hydrogen (secondary N) is 1. The molecule has 0 spiro atoms. The van der Waals surface area contributed by atoms with E-state index >= 15 is 0 Å². The quantitative estimate of drug-likeness (QED) is 0.745. The van der Waals surface area contributed by atoms with Gasteiger partial charge < -0.3 is 4.90 Å². The number of carbonyl (C=O) groups excluding carboxylic acids is 1. The summed E-state index contributed by atoms with van der Waals surface area (Å²) in [6, 6.07) is 5.72. The number of para-hydroxylation sites is 1. The maximum absolute atomic E-state index is 12.9. The Morgan fingerprint density at radius 2 is 2.23 bits per heavy atom. The van der Waals surface area contributed by atoms with Crippen molar-refractivity contribution in [2.75, 3.05) is 6.54 Å². The molecule has 6 nitrogen and oxygen atoms in total. The minimum atomic E-state index is 0.0477. The van der Waals surface area contributed by atoms with Crippen LogP contribution in [0.2, 0.25) is 0 Å². The molecule has 1 amide bonds. The predicted molar refractivity (Wildman–Crippen MR) is 82.4 cm³/mol. The fourth-order valence-electron chi connectivity index (χ4n) is 3.18. The third-order valence-corrected chi connectivity index (χ3v) is 4.35. The van der Waals surface area contributed by atoms with E-state index in [1.54, 1.807) is 6.20 Å². The molecule has 1 N–H and O–H groups in total. The lowest BCUT2D eigenvalue weighted by Gasteiger charge is -2.20. The molecular weight excluding hydrogens is 278 g/mol. The van der Waals surface area contributed by atoms with Crippen LogP contribution in [-0.4, -0.2) is 37.3 Å². The number of aromatic amines is 1. The highest BCUT2D eigenvalue weighted by atomic mass is 16.2. The lowest BCUT2D eigenvalue weighted by Crippen LogP contribution is -2.30. The van der Waals surface area contributed by atoms with Crippen molar-refractivity contribution in [3.05, 3.63) is 47.4 Å². The third kappa shape index (κ3) is 1.99. The fraction of sp³-hybridized carbons (Fsp3) is 0.312. The van der Waals surface area contributed by atoms with E-state index in [2.05, 4.69) is 15.3 Å². The first-order valence-electron chi connectivity index (χ1n) is 7.45. The standard InChI is InChI=1S/C16H17N5O/c1-20-14-6-3-7-21(10-12(14)9-18-20)16(22)13-5-2-4-11-8-17-19-15(11)13/h2,4-5,8-9H,3,6-7,10H2,1H3,(H,17,19). The number of aromatic nitrogens is 4. The number of hydrogen-bond acceptors (Lipinski definition) is 3. The van der Waals surface area contributed by atoms with Crippen LogP contribution in [0.25, 0.3) is 10.9 Å².